The van der Waals surface area contributed by atoms with E-state index in [4.69, 9.17) is 5.11 Å². The summed E-state index contributed by atoms with van der Waals surface area (Å²) in [5.41, 5.74) is -1.85. The second-order valence-electron chi connectivity index (χ2n) is 2.58. The largest absolute Gasteiger partial charge is 0.480 e. The molecular formula is C7H7N3O5. The first-order valence-corrected chi connectivity index (χ1v) is 3.82. The van der Waals surface area contributed by atoms with Gasteiger partial charge < -0.3 is 15.4 Å². The lowest BCUT2D eigenvalue weighted by atomic mass is 10.4. The molecule has 0 aliphatic rings. The summed E-state index contributed by atoms with van der Waals surface area (Å²) in [4.78, 5) is 46.7. The van der Waals surface area contributed by atoms with E-state index in [1.807, 2.05) is 10.3 Å². The van der Waals surface area contributed by atoms with Crippen molar-refractivity contribution >= 4 is 11.9 Å². The number of aliphatic carboxylic acids is 1. The van der Waals surface area contributed by atoms with Crippen LogP contribution in [0.3, 0.4) is 0 Å². The number of rotatable bonds is 3. The maximum Gasteiger partial charge on any atom is 0.326 e. The normalized spacial score (nSPS) is 9.60. The highest BCUT2D eigenvalue weighted by molar-refractivity contribution is 5.93. The second kappa shape index (κ2) is 4.22. The Labute approximate surface area is 82.0 Å². The first-order chi connectivity index (χ1) is 6.99. The van der Waals surface area contributed by atoms with Crippen molar-refractivity contribution in [3.63, 3.8) is 0 Å². The molecule has 0 bridgehead atoms. The van der Waals surface area contributed by atoms with E-state index in [0.29, 0.717) is 0 Å². The first-order valence-electron chi connectivity index (χ1n) is 3.82. The molecule has 1 aromatic heterocycles. The highest BCUT2D eigenvalue weighted by Gasteiger charge is 2.08. The van der Waals surface area contributed by atoms with Crippen molar-refractivity contribution in [1.29, 1.82) is 0 Å². The van der Waals surface area contributed by atoms with Crippen LogP contribution in [0.4, 0.5) is 0 Å². The number of aromatic amines is 2. The number of carbonyl (C=O) groups excluding carboxylic acids is 1. The van der Waals surface area contributed by atoms with Crippen LogP contribution in [0.1, 0.15) is 10.5 Å². The Balaban J connectivity index is 2.87. The maximum absolute atomic E-state index is 11.2. The molecule has 8 nitrogen and oxygen atoms in total. The molecule has 0 unspecified atom stereocenters. The molecule has 1 aromatic rings. The number of carboxylic acids is 1. The zero-order chi connectivity index (χ0) is 11.4. The third-order valence-electron chi connectivity index (χ3n) is 1.41. The molecule has 0 aliphatic heterocycles. The van der Waals surface area contributed by atoms with Gasteiger partial charge in [0.2, 0.25) is 0 Å². The van der Waals surface area contributed by atoms with E-state index in [-0.39, 0.29) is 5.69 Å². The monoisotopic (exact) mass is 213 g/mol. The Morgan fingerprint density at radius 1 is 1.33 bits per heavy atom. The van der Waals surface area contributed by atoms with Gasteiger partial charge >= 0.3 is 11.7 Å². The van der Waals surface area contributed by atoms with Gasteiger partial charge in [-0.3, -0.25) is 19.4 Å². The van der Waals surface area contributed by atoms with Gasteiger partial charge in [0.1, 0.15) is 12.2 Å². The van der Waals surface area contributed by atoms with Crippen LogP contribution in [0, 0.1) is 0 Å². The molecule has 0 aromatic carbocycles. The number of amides is 1. The number of carboxylic acid groups (broad SMARTS) is 1. The maximum atomic E-state index is 11.2. The molecule has 1 amide bonds. The number of hydrogen-bond acceptors (Lipinski definition) is 4. The van der Waals surface area contributed by atoms with E-state index < -0.39 is 29.7 Å². The van der Waals surface area contributed by atoms with Crippen LogP contribution in [0.25, 0.3) is 0 Å². The second-order valence-corrected chi connectivity index (χ2v) is 2.58. The zero-order valence-corrected chi connectivity index (χ0v) is 7.36. The summed E-state index contributed by atoms with van der Waals surface area (Å²) in [5.74, 6) is -2.06. The van der Waals surface area contributed by atoms with E-state index in [1.54, 1.807) is 0 Å². The summed E-state index contributed by atoms with van der Waals surface area (Å²) in [7, 11) is 0. The Morgan fingerprint density at radius 3 is 2.53 bits per heavy atom. The van der Waals surface area contributed by atoms with Crippen LogP contribution in [0.5, 0.6) is 0 Å². The number of aromatic nitrogens is 2. The molecule has 1 rings (SSSR count). The van der Waals surface area contributed by atoms with E-state index in [9.17, 15) is 19.2 Å². The van der Waals surface area contributed by atoms with Crippen LogP contribution in [0.2, 0.25) is 0 Å². The highest BCUT2D eigenvalue weighted by Crippen LogP contribution is 1.84. The fraction of sp³-hybridized carbons (Fsp3) is 0.143. The molecule has 0 fully saturated rings. The summed E-state index contributed by atoms with van der Waals surface area (Å²) in [6, 6.07) is 0.860. The van der Waals surface area contributed by atoms with Crippen LogP contribution in [-0.2, 0) is 4.79 Å². The summed E-state index contributed by atoms with van der Waals surface area (Å²) < 4.78 is 0. The summed E-state index contributed by atoms with van der Waals surface area (Å²) in [5, 5.41) is 10.3. The number of H-pyrrole nitrogens is 2. The van der Waals surface area contributed by atoms with Crippen molar-refractivity contribution in [2.24, 2.45) is 0 Å². The van der Waals surface area contributed by atoms with Crippen molar-refractivity contribution in [1.82, 2.24) is 15.3 Å². The summed E-state index contributed by atoms with van der Waals surface area (Å²) in [6.07, 6.45) is 0. The van der Waals surface area contributed by atoms with Gasteiger partial charge in [-0.05, 0) is 0 Å². The molecule has 80 valence electrons. The van der Waals surface area contributed by atoms with Gasteiger partial charge in [-0.2, -0.15) is 0 Å². The van der Waals surface area contributed by atoms with Crippen molar-refractivity contribution < 1.29 is 14.7 Å². The minimum absolute atomic E-state index is 0.287. The van der Waals surface area contributed by atoms with Crippen LogP contribution < -0.4 is 16.6 Å². The molecule has 0 atom stereocenters. The number of nitrogens with one attached hydrogen (secondary N) is 3. The number of hydrogen-bond donors (Lipinski definition) is 4. The third kappa shape index (κ3) is 3.10. The fourth-order valence-corrected chi connectivity index (χ4v) is 0.842. The van der Waals surface area contributed by atoms with Crippen LogP contribution in [-0.4, -0.2) is 33.5 Å². The van der Waals surface area contributed by atoms with Gasteiger partial charge in [0, 0.05) is 6.07 Å². The van der Waals surface area contributed by atoms with Crippen molar-refractivity contribution in [3.05, 3.63) is 32.6 Å². The summed E-state index contributed by atoms with van der Waals surface area (Å²) in [6.45, 7) is -0.590. The van der Waals surface area contributed by atoms with Gasteiger partial charge in [-0.1, -0.05) is 0 Å². The Hall–Kier alpha value is -2.38. The standard InChI is InChI=1S/C7H7N3O5/c11-4-1-3(9-7(15)10-4)6(14)8-2-5(12)13/h1H,2H2,(H,8,14)(H,12,13)(H2,9,10,11,15). The third-order valence-corrected chi connectivity index (χ3v) is 1.41. The number of carbonyl (C=O) groups is 2. The molecule has 0 saturated carbocycles. The highest BCUT2D eigenvalue weighted by atomic mass is 16.4. The van der Waals surface area contributed by atoms with E-state index in [2.05, 4.69) is 4.98 Å². The van der Waals surface area contributed by atoms with Gasteiger partial charge in [0.05, 0.1) is 0 Å². The fourth-order valence-electron chi connectivity index (χ4n) is 0.842. The van der Waals surface area contributed by atoms with Crippen molar-refractivity contribution in [2.75, 3.05) is 6.54 Å². The average molecular weight is 213 g/mol. The molecule has 1 heterocycles. The van der Waals surface area contributed by atoms with E-state index in [1.165, 1.54) is 0 Å². The molecule has 0 radical (unpaired) electrons. The predicted molar refractivity (Wildman–Crippen MR) is 47.7 cm³/mol. The molecule has 0 spiro atoms. The minimum atomic E-state index is -1.23. The molecular weight excluding hydrogens is 206 g/mol. The Morgan fingerprint density at radius 2 is 2.00 bits per heavy atom. The van der Waals surface area contributed by atoms with Gasteiger partial charge in [-0.25, -0.2) is 4.79 Å². The van der Waals surface area contributed by atoms with Crippen molar-refractivity contribution in [3.8, 4) is 0 Å². The lowest BCUT2D eigenvalue weighted by molar-refractivity contribution is -0.135. The molecule has 15 heavy (non-hydrogen) atoms. The summed E-state index contributed by atoms with van der Waals surface area (Å²) >= 11 is 0. The van der Waals surface area contributed by atoms with Gasteiger partial charge in [0.25, 0.3) is 11.5 Å². The lowest BCUT2D eigenvalue weighted by Gasteiger charge is -2.00. The van der Waals surface area contributed by atoms with Crippen molar-refractivity contribution in [2.45, 2.75) is 0 Å². The van der Waals surface area contributed by atoms with Crippen LogP contribution >= 0.6 is 0 Å². The molecule has 0 aliphatic carbocycles. The molecule has 8 heteroatoms. The Kier molecular flexibility index (Phi) is 3.01. The first kappa shape index (κ1) is 10.7. The smallest absolute Gasteiger partial charge is 0.326 e. The topological polar surface area (TPSA) is 132 Å². The average Bonchev–Trinajstić information content (AvgIpc) is 2.12. The van der Waals surface area contributed by atoms with Crippen LogP contribution in [0.15, 0.2) is 15.7 Å². The lowest BCUT2D eigenvalue weighted by Crippen LogP contribution is -2.33. The Bertz CT molecular complexity index is 472. The van der Waals surface area contributed by atoms with E-state index >= 15 is 0 Å². The SMILES string of the molecule is O=C(O)CNC(=O)c1cc(=O)[nH]c(=O)[nH]1. The predicted octanol–water partition coefficient (Wildman–Crippen LogP) is -2.12. The van der Waals surface area contributed by atoms with E-state index in [0.717, 1.165) is 6.07 Å². The molecule has 4 N–H and O–H groups in total. The van der Waals surface area contributed by atoms with Gasteiger partial charge in [0.15, 0.2) is 0 Å². The zero-order valence-electron chi connectivity index (χ0n) is 7.36. The minimum Gasteiger partial charge on any atom is -0.480 e. The van der Waals surface area contributed by atoms with Gasteiger partial charge in [-0.15, -0.1) is 0 Å². The molecule has 0 saturated heterocycles. The quantitative estimate of drug-likeness (QED) is 0.455.